The zero-order valence-electron chi connectivity index (χ0n) is 11.3. The summed E-state index contributed by atoms with van der Waals surface area (Å²) in [5.74, 6) is 3.32. The molecule has 0 aromatic rings. The standard InChI is InChI=1S/C14H28O/c1-9(2)14(10(3)4)13-7-11(5)15-12(6)8-13/h9-14H,7-8H2,1-6H3/t11-,12+,13?. The second-order valence-corrected chi connectivity index (χ2v) is 6.05. The summed E-state index contributed by atoms with van der Waals surface area (Å²) < 4.78 is 5.83. The molecule has 15 heavy (non-hydrogen) atoms. The summed E-state index contributed by atoms with van der Waals surface area (Å²) in [6.45, 7) is 13.9. The summed E-state index contributed by atoms with van der Waals surface area (Å²) in [6.07, 6.45) is 3.42. The van der Waals surface area contributed by atoms with Crippen LogP contribution in [0.5, 0.6) is 0 Å². The predicted octanol–water partition coefficient (Wildman–Crippen LogP) is 4.12. The van der Waals surface area contributed by atoms with Crippen molar-refractivity contribution in [2.45, 2.75) is 66.6 Å². The molecule has 1 nitrogen and oxygen atoms in total. The van der Waals surface area contributed by atoms with Crippen LogP contribution in [-0.4, -0.2) is 12.2 Å². The van der Waals surface area contributed by atoms with E-state index in [0.29, 0.717) is 12.2 Å². The maximum atomic E-state index is 5.83. The molecule has 1 rings (SSSR count). The third-order valence-electron chi connectivity index (χ3n) is 3.82. The molecule has 1 heteroatoms. The van der Waals surface area contributed by atoms with E-state index in [4.69, 9.17) is 4.74 Å². The molecular weight excluding hydrogens is 184 g/mol. The Labute approximate surface area is 95.6 Å². The van der Waals surface area contributed by atoms with Crippen molar-refractivity contribution in [3.05, 3.63) is 0 Å². The summed E-state index contributed by atoms with van der Waals surface area (Å²) in [5, 5.41) is 0. The van der Waals surface area contributed by atoms with Gasteiger partial charge < -0.3 is 4.74 Å². The molecular formula is C14H28O. The van der Waals surface area contributed by atoms with Crippen LogP contribution >= 0.6 is 0 Å². The van der Waals surface area contributed by atoms with Gasteiger partial charge in [-0.15, -0.1) is 0 Å². The van der Waals surface area contributed by atoms with E-state index in [2.05, 4.69) is 41.5 Å². The largest absolute Gasteiger partial charge is 0.376 e. The Hall–Kier alpha value is -0.0400. The van der Waals surface area contributed by atoms with Gasteiger partial charge in [0, 0.05) is 0 Å². The van der Waals surface area contributed by atoms with Gasteiger partial charge in [0.05, 0.1) is 12.2 Å². The topological polar surface area (TPSA) is 9.23 Å². The average Bonchev–Trinajstić information content (AvgIpc) is 1.99. The van der Waals surface area contributed by atoms with Crippen LogP contribution in [0.15, 0.2) is 0 Å². The Bertz CT molecular complexity index is 168. The Morgan fingerprint density at radius 3 is 1.60 bits per heavy atom. The summed E-state index contributed by atoms with van der Waals surface area (Å²) >= 11 is 0. The number of ether oxygens (including phenoxy) is 1. The van der Waals surface area contributed by atoms with E-state index in [9.17, 15) is 0 Å². The van der Waals surface area contributed by atoms with Crippen LogP contribution < -0.4 is 0 Å². The average molecular weight is 212 g/mol. The monoisotopic (exact) mass is 212 g/mol. The number of hydrogen-bond donors (Lipinski definition) is 0. The van der Waals surface area contributed by atoms with Crippen molar-refractivity contribution in [1.29, 1.82) is 0 Å². The third kappa shape index (κ3) is 3.48. The predicted molar refractivity (Wildman–Crippen MR) is 65.9 cm³/mol. The molecule has 1 aliphatic rings. The first-order valence-corrected chi connectivity index (χ1v) is 6.57. The summed E-state index contributed by atoms with van der Waals surface area (Å²) in [6, 6.07) is 0. The molecule has 1 saturated heterocycles. The van der Waals surface area contributed by atoms with E-state index >= 15 is 0 Å². The minimum Gasteiger partial charge on any atom is -0.376 e. The highest BCUT2D eigenvalue weighted by Crippen LogP contribution is 2.38. The van der Waals surface area contributed by atoms with Crippen molar-refractivity contribution < 1.29 is 4.74 Å². The Balaban J connectivity index is 2.66. The van der Waals surface area contributed by atoms with Gasteiger partial charge in [-0.3, -0.25) is 0 Å². The quantitative estimate of drug-likeness (QED) is 0.684. The highest BCUT2D eigenvalue weighted by atomic mass is 16.5. The molecule has 0 bridgehead atoms. The first-order valence-electron chi connectivity index (χ1n) is 6.57. The molecule has 0 aromatic heterocycles. The fourth-order valence-electron chi connectivity index (χ4n) is 3.63. The normalized spacial score (nSPS) is 33.0. The minimum atomic E-state index is 0.457. The molecule has 3 atom stereocenters. The second-order valence-electron chi connectivity index (χ2n) is 6.05. The van der Waals surface area contributed by atoms with Crippen LogP contribution in [0, 0.1) is 23.7 Å². The van der Waals surface area contributed by atoms with Crippen molar-refractivity contribution in [3.8, 4) is 0 Å². The lowest BCUT2D eigenvalue weighted by Gasteiger charge is -2.40. The van der Waals surface area contributed by atoms with Crippen molar-refractivity contribution in [2.24, 2.45) is 23.7 Å². The fraction of sp³-hybridized carbons (Fsp3) is 1.00. The molecule has 0 aliphatic carbocycles. The zero-order valence-corrected chi connectivity index (χ0v) is 11.3. The third-order valence-corrected chi connectivity index (χ3v) is 3.82. The fourth-order valence-corrected chi connectivity index (χ4v) is 3.63. The van der Waals surface area contributed by atoms with Gasteiger partial charge in [0.2, 0.25) is 0 Å². The minimum absolute atomic E-state index is 0.457. The Morgan fingerprint density at radius 1 is 0.867 bits per heavy atom. The van der Waals surface area contributed by atoms with Gasteiger partial charge in [0.15, 0.2) is 0 Å². The zero-order chi connectivity index (χ0) is 11.6. The lowest BCUT2D eigenvalue weighted by molar-refractivity contribution is -0.0728. The Kier molecular flexibility index (Phi) is 4.64. The van der Waals surface area contributed by atoms with Crippen LogP contribution in [0.4, 0.5) is 0 Å². The molecule has 0 N–H and O–H groups in total. The van der Waals surface area contributed by atoms with Gasteiger partial charge in [0.1, 0.15) is 0 Å². The van der Waals surface area contributed by atoms with Gasteiger partial charge in [-0.1, -0.05) is 27.7 Å². The lowest BCUT2D eigenvalue weighted by atomic mass is 9.71. The van der Waals surface area contributed by atoms with Gasteiger partial charge in [0.25, 0.3) is 0 Å². The molecule has 0 spiro atoms. The highest BCUT2D eigenvalue weighted by Gasteiger charge is 2.33. The van der Waals surface area contributed by atoms with Crippen molar-refractivity contribution in [2.75, 3.05) is 0 Å². The van der Waals surface area contributed by atoms with Crippen LogP contribution in [0.1, 0.15) is 54.4 Å². The summed E-state index contributed by atoms with van der Waals surface area (Å²) in [5.41, 5.74) is 0. The van der Waals surface area contributed by atoms with Crippen LogP contribution in [0.25, 0.3) is 0 Å². The van der Waals surface area contributed by atoms with Crippen molar-refractivity contribution in [3.63, 3.8) is 0 Å². The molecule has 0 saturated carbocycles. The number of hydrogen-bond acceptors (Lipinski definition) is 1. The molecule has 0 aromatic carbocycles. The molecule has 90 valence electrons. The van der Waals surface area contributed by atoms with Gasteiger partial charge in [-0.2, -0.15) is 0 Å². The molecule has 1 aliphatic heterocycles. The lowest BCUT2D eigenvalue weighted by Crippen LogP contribution is -2.36. The summed E-state index contributed by atoms with van der Waals surface area (Å²) in [4.78, 5) is 0. The highest BCUT2D eigenvalue weighted by molar-refractivity contribution is 4.82. The van der Waals surface area contributed by atoms with E-state index < -0.39 is 0 Å². The molecule has 1 fully saturated rings. The maximum Gasteiger partial charge on any atom is 0.0553 e. The first-order chi connectivity index (χ1) is 6.91. The SMILES string of the molecule is CC(C)C(C(C)C)C1C[C@@H](C)O[C@@H](C)C1. The summed E-state index contributed by atoms with van der Waals surface area (Å²) in [7, 11) is 0. The van der Waals surface area contributed by atoms with E-state index in [1.165, 1.54) is 12.8 Å². The molecule has 1 heterocycles. The van der Waals surface area contributed by atoms with Gasteiger partial charge in [-0.05, 0) is 50.4 Å². The van der Waals surface area contributed by atoms with E-state index in [-0.39, 0.29) is 0 Å². The first kappa shape index (κ1) is 13.0. The van der Waals surface area contributed by atoms with E-state index in [1.54, 1.807) is 0 Å². The molecule has 1 unspecified atom stereocenters. The molecule has 0 amide bonds. The van der Waals surface area contributed by atoms with E-state index in [1.807, 2.05) is 0 Å². The van der Waals surface area contributed by atoms with Crippen molar-refractivity contribution in [1.82, 2.24) is 0 Å². The molecule has 0 radical (unpaired) electrons. The Morgan fingerprint density at radius 2 is 1.27 bits per heavy atom. The van der Waals surface area contributed by atoms with Gasteiger partial charge >= 0.3 is 0 Å². The van der Waals surface area contributed by atoms with Crippen LogP contribution in [0.2, 0.25) is 0 Å². The number of rotatable bonds is 3. The second kappa shape index (κ2) is 5.34. The maximum absolute atomic E-state index is 5.83. The van der Waals surface area contributed by atoms with Gasteiger partial charge in [-0.25, -0.2) is 0 Å². The van der Waals surface area contributed by atoms with Crippen LogP contribution in [-0.2, 0) is 4.74 Å². The smallest absolute Gasteiger partial charge is 0.0553 e. The van der Waals surface area contributed by atoms with Crippen LogP contribution in [0.3, 0.4) is 0 Å². The van der Waals surface area contributed by atoms with Crippen molar-refractivity contribution >= 4 is 0 Å². The van der Waals surface area contributed by atoms with E-state index in [0.717, 1.165) is 23.7 Å².